The molecule has 92 valence electrons. The minimum Gasteiger partial charge on any atom is -0.461 e. The monoisotopic (exact) mass is 274 g/mol. The fourth-order valence-corrected chi connectivity index (χ4v) is 1.35. The Hall–Kier alpha value is -1.10. The molecule has 0 N–H and O–H groups in total. The van der Waals surface area contributed by atoms with E-state index in [2.05, 4.69) is 16.5 Å². The number of hydrogen-bond donors (Lipinski definition) is 0. The molecule has 0 aliphatic carbocycles. The molecular weight excluding hydrogens is 263 g/mol. The first-order chi connectivity index (χ1) is 8.15. The molecule has 0 spiro atoms. The highest BCUT2D eigenvalue weighted by atomic mass is 35.5. The lowest BCUT2D eigenvalue weighted by molar-refractivity contribution is -0.0512. The van der Waals surface area contributed by atoms with E-state index >= 15 is 0 Å². The summed E-state index contributed by atoms with van der Waals surface area (Å²) in [6.45, 7) is 3.55. The molecule has 17 heavy (non-hydrogen) atoms. The highest BCUT2D eigenvalue weighted by Gasteiger charge is 2.11. The third-order valence-electron chi connectivity index (χ3n) is 1.79. The first-order valence-electron chi connectivity index (χ1n) is 4.79. The molecule has 0 amide bonds. The number of hydrogen-bond acceptors (Lipinski definition) is 4. The summed E-state index contributed by atoms with van der Waals surface area (Å²) in [6, 6.07) is 0. The third kappa shape index (κ3) is 5.17. The van der Waals surface area contributed by atoms with Crippen LogP contribution >= 0.6 is 23.2 Å². The van der Waals surface area contributed by atoms with Crippen LogP contribution in [0, 0.1) is 0 Å². The summed E-state index contributed by atoms with van der Waals surface area (Å²) in [5, 5.41) is 0.748. The zero-order chi connectivity index (χ0) is 12.7. The molecule has 0 saturated carbocycles. The van der Waals surface area contributed by atoms with Crippen LogP contribution < -0.4 is 4.74 Å². The maximum atomic E-state index is 5.92. The van der Waals surface area contributed by atoms with Crippen LogP contribution in [0.2, 0.25) is 5.28 Å². The summed E-state index contributed by atoms with van der Waals surface area (Å²) < 4.78 is 10.6. The SMILES string of the molecule is C=C/C=C(/Cl)CC(OC)Oc1cnc(Cl)nc1. The predicted molar refractivity (Wildman–Crippen MR) is 67.2 cm³/mol. The summed E-state index contributed by atoms with van der Waals surface area (Å²) in [6.07, 6.45) is 6.10. The van der Waals surface area contributed by atoms with Crippen LogP contribution in [0.1, 0.15) is 6.42 Å². The van der Waals surface area contributed by atoms with Gasteiger partial charge in [0.05, 0.1) is 12.4 Å². The van der Waals surface area contributed by atoms with Crippen LogP contribution in [0.4, 0.5) is 0 Å². The molecule has 1 aromatic rings. The van der Waals surface area contributed by atoms with Gasteiger partial charge in [0.1, 0.15) is 0 Å². The molecule has 4 nitrogen and oxygen atoms in total. The largest absolute Gasteiger partial charge is 0.461 e. The van der Waals surface area contributed by atoms with Gasteiger partial charge in [-0.2, -0.15) is 0 Å². The Morgan fingerprint density at radius 2 is 2.18 bits per heavy atom. The highest BCUT2D eigenvalue weighted by molar-refractivity contribution is 6.29. The molecule has 6 heteroatoms. The zero-order valence-electron chi connectivity index (χ0n) is 9.27. The molecule has 1 rings (SSSR count). The molecule has 1 heterocycles. The highest BCUT2D eigenvalue weighted by Crippen LogP contribution is 2.17. The van der Waals surface area contributed by atoms with Crippen molar-refractivity contribution in [2.24, 2.45) is 0 Å². The van der Waals surface area contributed by atoms with E-state index in [1.165, 1.54) is 19.5 Å². The van der Waals surface area contributed by atoms with Crippen molar-refractivity contribution in [1.29, 1.82) is 0 Å². The maximum absolute atomic E-state index is 5.92. The average Bonchev–Trinajstić information content (AvgIpc) is 2.31. The van der Waals surface area contributed by atoms with E-state index in [0.717, 1.165) is 0 Å². The normalized spacial score (nSPS) is 13.2. The summed E-state index contributed by atoms with van der Waals surface area (Å²) in [5.41, 5.74) is 0. The summed E-state index contributed by atoms with van der Waals surface area (Å²) in [7, 11) is 1.53. The topological polar surface area (TPSA) is 44.2 Å². The quantitative estimate of drug-likeness (QED) is 0.454. The molecular formula is C11H12Cl2N2O2. The molecule has 0 aliphatic heterocycles. The van der Waals surface area contributed by atoms with Crippen molar-refractivity contribution in [3.8, 4) is 5.75 Å². The second-order valence-corrected chi connectivity index (χ2v) is 3.85. The number of nitrogens with zero attached hydrogens (tertiary/aromatic N) is 2. The molecule has 0 fully saturated rings. The van der Waals surface area contributed by atoms with Gasteiger partial charge in [-0.05, 0) is 17.7 Å². The fourth-order valence-electron chi connectivity index (χ4n) is 1.04. The predicted octanol–water partition coefficient (Wildman–Crippen LogP) is 3.18. The van der Waals surface area contributed by atoms with Gasteiger partial charge in [-0.15, -0.1) is 0 Å². The second-order valence-electron chi connectivity index (χ2n) is 3.02. The van der Waals surface area contributed by atoms with Gasteiger partial charge in [-0.3, -0.25) is 0 Å². The van der Waals surface area contributed by atoms with Crippen LogP contribution in [0.25, 0.3) is 0 Å². The first kappa shape index (κ1) is 14.0. The van der Waals surface area contributed by atoms with Gasteiger partial charge in [0.2, 0.25) is 11.6 Å². The summed E-state index contributed by atoms with van der Waals surface area (Å²) >= 11 is 11.5. The van der Waals surface area contributed by atoms with E-state index in [0.29, 0.717) is 17.2 Å². The Bertz CT molecular complexity index is 393. The summed E-state index contributed by atoms with van der Waals surface area (Å²) in [5.74, 6) is 0.462. The molecule has 0 radical (unpaired) electrons. The molecule has 0 saturated heterocycles. The van der Waals surface area contributed by atoms with Gasteiger partial charge in [0.25, 0.3) is 0 Å². The van der Waals surface area contributed by atoms with Crippen molar-refractivity contribution in [1.82, 2.24) is 9.97 Å². The Morgan fingerprint density at radius 3 is 2.71 bits per heavy atom. The maximum Gasteiger partial charge on any atom is 0.222 e. The van der Waals surface area contributed by atoms with Crippen molar-refractivity contribution in [2.75, 3.05) is 7.11 Å². The Balaban J connectivity index is 2.60. The van der Waals surface area contributed by atoms with Gasteiger partial charge < -0.3 is 9.47 Å². The van der Waals surface area contributed by atoms with Crippen LogP contribution in [-0.2, 0) is 4.74 Å². The molecule has 0 bridgehead atoms. The van der Waals surface area contributed by atoms with Crippen LogP contribution in [0.3, 0.4) is 0 Å². The van der Waals surface area contributed by atoms with Crippen molar-refractivity contribution < 1.29 is 9.47 Å². The van der Waals surface area contributed by atoms with E-state index in [1.807, 2.05) is 0 Å². The van der Waals surface area contributed by atoms with Crippen molar-refractivity contribution in [3.63, 3.8) is 0 Å². The number of allylic oxidation sites excluding steroid dienone is 2. The lowest BCUT2D eigenvalue weighted by Crippen LogP contribution is -2.19. The molecule has 0 aromatic carbocycles. The van der Waals surface area contributed by atoms with E-state index in [-0.39, 0.29) is 5.28 Å². The van der Waals surface area contributed by atoms with Gasteiger partial charge >= 0.3 is 0 Å². The molecule has 1 aromatic heterocycles. The standard InChI is InChI=1S/C11H12Cl2N2O2/c1-3-4-8(12)5-10(16-2)17-9-6-14-11(13)15-7-9/h3-4,6-7,10H,1,5H2,2H3/b8-4+. The minimum absolute atomic E-state index is 0.163. The molecule has 1 unspecified atom stereocenters. The van der Waals surface area contributed by atoms with E-state index in [4.69, 9.17) is 32.7 Å². The summed E-state index contributed by atoms with van der Waals surface area (Å²) in [4.78, 5) is 7.58. The van der Waals surface area contributed by atoms with E-state index in [9.17, 15) is 0 Å². The van der Waals surface area contributed by atoms with Gasteiger partial charge in [0.15, 0.2) is 5.75 Å². The van der Waals surface area contributed by atoms with Gasteiger partial charge in [-0.25, -0.2) is 9.97 Å². The van der Waals surface area contributed by atoms with Crippen molar-refractivity contribution >= 4 is 23.2 Å². The Kier molecular flexibility index (Phi) is 5.97. The number of ether oxygens (including phenoxy) is 2. The fraction of sp³-hybridized carbons (Fsp3) is 0.273. The average molecular weight is 275 g/mol. The smallest absolute Gasteiger partial charge is 0.222 e. The molecule has 1 atom stereocenters. The Morgan fingerprint density at radius 1 is 1.53 bits per heavy atom. The third-order valence-corrected chi connectivity index (χ3v) is 2.26. The minimum atomic E-state index is -0.511. The number of halogens is 2. The van der Waals surface area contributed by atoms with E-state index in [1.54, 1.807) is 12.2 Å². The van der Waals surface area contributed by atoms with Crippen LogP contribution in [0.15, 0.2) is 36.2 Å². The number of aromatic nitrogens is 2. The van der Waals surface area contributed by atoms with Crippen LogP contribution in [0.5, 0.6) is 5.75 Å². The Labute approximate surface area is 110 Å². The van der Waals surface area contributed by atoms with E-state index < -0.39 is 6.29 Å². The van der Waals surface area contributed by atoms with Crippen LogP contribution in [-0.4, -0.2) is 23.4 Å². The van der Waals surface area contributed by atoms with Gasteiger partial charge in [0, 0.05) is 18.6 Å². The lowest BCUT2D eigenvalue weighted by Gasteiger charge is -2.16. The second kappa shape index (κ2) is 7.27. The van der Waals surface area contributed by atoms with Crippen molar-refractivity contribution in [2.45, 2.75) is 12.7 Å². The zero-order valence-corrected chi connectivity index (χ0v) is 10.8. The van der Waals surface area contributed by atoms with Gasteiger partial charge in [-0.1, -0.05) is 24.3 Å². The molecule has 0 aliphatic rings. The lowest BCUT2D eigenvalue weighted by atomic mass is 10.3. The van der Waals surface area contributed by atoms with Crippen molar-refractivity contribution in [3.05, 3.63) is 41.4 Å². The number of rotatable bonds is 6. The number of methoxy groups -OCH3 is 1. The first-order valence-corrected chi connectivity index (χ1v) is 5.55.